The molecule has 0 saturated heterocycles. The number of benzene rings is 3. The maximum Gasteiger partial charge on any atom is 0.265 e. The first kappa shape index (κ1) is 20.7. The van der Waals surface area contributed by atoms with Crippen LogP contribution >= 0.6 is 23.2 Å². The molecule has 34 heavy (non-hydrogen) atoms. The quantitative estimate of drug-likeness (QED) is 0.223. The summed E-state index contributed by atoms with van der Waals surface area (Å²) in [7, 11) is 0. The molecule has 0 aliphatic heterocycles. The number of para-hydroxylation sites is 2. The van der Waals surface area contributed by atoms with Gasteiger partial charge in [0.25, 0.3) is 5.95 Å². The molecule has 3 aromatic carbocycles. The van der Waals surface area contributed by atoms with Crippen LogP contribution in [0.5, 0.6) is 0 Å². The lowest BCUT2D eigenvalue weighted by Gasteiger charge is -2.08. The molecule has 0 aliphatic carbocycles. The van der Waals surface area contributed by atoms with E-state index in [1.807, 2.05) is 54.7 Å². The first-order valence-electron chi connectivity index (χ1n) is 10.6. The van der Waals surface area contributed by atoms with Crippen LogP contribution in [0.4, 0.5) is 5.95 Å². The van der Waals surface area contributed by atoms with E-state index >= 15 is 0 Å². The number of nitrogens with zero attached hydrogens (tertiary/aromatic N) is 5. The number of hydrogen-bond donors (Lipinski definition) is 2. The van der Waals surface area contributed by atoms with Crippen molar-refractivity contribution in [1.82, 2.24) is 24.7 Å². The van der Waals surface area contributed by atoms with Gasteiger partial charge in [-0.2, -0.15) is 10.1 Å². The third-order valence-corrected chi connectivity index (χ3v) is 6.25. The largest absolute Gasteiger partial charge is 0.342 e. The molecule has 6 rings (SSSR count). The zero-order valence-corrected chi connectivity index (χ0v) is 19.2. The highest BCUT2D eigenvalue weighted by Gasteiger charge is 2.10. The number of hydrogen-bond acceptors (Lipinski definition) is 5. The number of aromatic amines is 1. The van der Waals surface area contributed by atoms with E-state index in [-0.39, 0.29) is 0 Å². The van der Waals surface area contributed by atoms with Crippen LogP contribution < -0.4 is 5.43 Å². The molecule has 166 valence electrons. The van der Waals surface area contributed by atoms with Crippen molar-refractivity contribution in [3.63, 3.8) is 0 Å². The van der Waals surface area contributed by atoms with Gasteiger partial charge in [-0.25, -0.2) is 5.43 Å². The van der Waals surface area contributed by atoms with Crippen LogP contribution in [0, 0.1) is 0 Å². The van der Waals surface area contributed by atoms with Crippen molar-refractivity contribution < 1.29 is 0 Å². The fourth-order valence-corrected chi connectivity index (χ4v) is 4.54. The van der Waals surface area contributed by atoms with Gasteiger partial charge in [0.05, 0.1) is 6.21 Å². The van der Waals surface area contributed by atoms with Gasteiger partial charge in [-0.1, -0.05) is 65.7 Å². The number of halogens is 2. The van der Waals surface area contributed by atoms with Gasteiger partial charge in [0.1, 0.15) is 5.52 Å². The van der Waals surface area contributed by atoms with E-state index < -0.39 is 0 Å². The molecule has 0 aliphatic rings. The molecule has 0 fully saturated rings. The van der Waals surface area contributed by atoms with Gasteiger partial charge in [0.15, 0.2) is 5.65 Å². The Morgan fingerprint density at radius 2 is 1.79 bits per heavy atom. The Morgan fingerprint density at radius 3 is 2.68 bits per heavy atom. The lowest BCUT2D eigenvalue weighted by Crippen LogP contribution is -1.99. The molecule has 2 N–H and O–H groups in total. The second kappa shape index (κ2) is 8.44. The number of rotatable bonds is 5. The molecule has 3 heterocycles. The topological polar surface area (TPSA) is 83.8 Å². The lowest BCUT2D eigenvalue weighted by molar-refractivity contribution is 0.836. The molecule has 3 aromatic heterocycles. The summed E-state index contributed by atoms with van der Waals surface area (Å²) in [5.74, 6) is 0.312. The van der Waals surface area contributed by atoms with Crippen LogP contribution in [0.25, 0.3) is 33.0 Å². The molecule has 0 saturated carbocycles. The first-order chi connectivity index (χ1) is 16.7. The maximum atomic E-state index is 6.40. The monoisotopic (exact) mass is 485 g/mol. The van der Waals surface area contributed by atoms with Crippen LogP contribution in [-0.4, -0.2) is 30.9 Å². The van der Waals surface area contributed by atoms with Crippen molar-refractivity contribution in [3.8, 4) is 0 Å². The third kappa shape index (κ3) is 3.75. The van der Waals surface area contributed by atoms with E-state index in [2.05, 4.69) is 47.4 Å². The molecule has 0 spiro atoms. The van der Waals surface area contributed by atoms with Gasteiger partial charge in [0.2, 0.25) is 0 Å². The molecule has 7 nitrogen and oxygen atoms in total. The summed E-state index contributed by atoms with van der Waals surface area (Å²) in [5.41, 5.74) is 8.26. The van der Waals surface area contributed by atoms with Crippen molar-refractivity contribution in [2.75, 3.05) is 5.43 Å². The van der Waals surface area contributed by atoms with Crippen LogP contribution in [0.15, 0.2) is 78.0 Å². The summed E-state index contributed by atoms with van der Waals surface area (Å²) in [5, 5.41) is 16.1. The second-order valence-corrected chi connectivity index (χ2v) is 8.68. The highest BCUT2D eigenvalue weighted by molar-refractivity contribution is 6.35. The van der Waals surface area contributed by atoms with Gasteiger partial charge in [-0.05, 0) is 29.8 Å². The van der Waals surface area contributed by atoms with Gasteiger partial charge >= 0.3 is 0 Å². The minimum Gasteiger partial charge on any atom is -0.342 e. The molecule has 0 bridgehead atoms. The fourth-order valence-electron chi connectivity index (χ4n) is 4.07. The zero-order chi connectivity index (χ0) is 23.1. The van der Waals surface area contributed by atoms with E-state index in [1.54, 1.807) is 12.3 Å². The average Bonchev–Trinajstić information content (AvgIpc) is 3.39. The van der Waals surface area contributed by atoms with Crippen molar-refractivity contribution in [2.45, 2.75) is 6.54 Å². The standard InChI is InChI=1S/C25H17Cl2N7/c26-17-10-9-15(20(27)11-17)13-34-14-16(18-5-2-4-8-22(18)34)12-28-32-25-30-24-23(31-33-25)19-6-1-3-7-21(19)29-24/h1-12,14H,13H2,(H2,29,30,32,33)/b28-12-. The number of hydrazone groups is 1. The Labute approximate surface area is 204 Å². The number of anilines is 1. The molecule has 6 aromatic rings. The van der Waals surface area contributed by atoms with E-state index in [4.69, 9.17) is 23.2 Å². The van der Waals surface area contributed by atoms with E-state index in [0.29, 0.717) is 28.2 Å². The van der Waals surface area contributed by atoms with Gasteiger partial charge in [-0.3, -0.25) is 0 Å². The second-order valence-electron chi connectivity index (χ2n) is 7.84. The van der Waals surface area contributed by atoms with E-state index in [0.717, 1.165) is 38.4 Å². The fraction of sp³-hybridized carbons (Fsp3) is 0.0400. The molecule has 0 atom stereocenters. The summed E-state index contributed by atoms with van der Waals surface area (Å²) >= 11 is 12.4. The van der Waals surface area contributed by atoms with E-state index in [1.165, 1.54) is 0 Å². The van der Waals surface area contributed by atoms with Crippen molar-refractivity contribution >= 4 is 68.3 Å². The van der Waals surface area contributed by atoms with Crippen LogP contribution in [0.2, 0.25) is 10.0 Å². The van der Waals surface area contributed by atoms with Crippen molar-refractivity contribution in [1.29, 1.82) is 0 Å². The molecular weight excluding hydrogens is 469 g/mol. The molecule has 0 unspecified atom stereocenters. The SMILES string of the molecule is Clc1ccc(Cn2cc(/C=N\Nc3nnc4c(n3)[nH]c3ccccc34)c3ccccc32)c(Cl)c1. The van der Waals surface area contributed by atoms with Crippen molar-refractivity contribution in [2.24, 2.45) is 5.10 Å². The number of H-pyrrole nitrogens is 1. The van der Waals surface area contributed by atoms with Gasteiger partial charge in [-0.15, -0.1) is 10.2 Å². The normalized spacial score (nSPS) is 11.8. The zero-order valence-electron chi connectivity index (χ0n) is 17.7. The Balaban J connectivity index is 1.28. The number of aromatic nitrogens is 5. The summed E-state index contributed by atoms with van der Waals surface area (Å²) in [6.45, 7) is 0.613. The van der Waals surface area contributed by atoms with Crippen LogP contribution in [0.3, 0.4) is 0 Å². The lowest BCUT2D eigenvalue weighted by atomic mass is 10.2. The Hall–Kier alpha value is -3.94. The highest BCUT2D eigenvalue weighted by Crippen LogP contribution is 2.26. The Kier molecular flexibility index (Phi) is 5.13. The van der Waals surface area contributed by atoms with E-state index in [9.17, 15) is 0 Å². The van der Waals surface area contributed by atoms with Crippen LogP contribution in [0.1, 0.15) is 11.1 Å². The van der Waals surface area contributed by atoms with Gasteiger partial charge in [0, 0.05) is 50.2 Å². The number of nitrogens with one attached hydrogen (secondary N) is 2. The molecular formula is C25H17Cl2N7. The Morgan fingerprint density at radius 1 is 0.971 bits per heavy atom. The average molecular weight is 486 g/mol. The summed E-state index contributed by atoms with van der Waals surface area (Å²) < 4.78 is 2.14. The van der Waals surface area contributed by atoms with Crippen LogP contribution in [-0.2, 0) is 6.54 Å². The number of fused-ring (bicyclic) bond motifs is 4. The summed E-state index contributed by atoms with van der Waals surface area (Å²) in [6, 6.07) is 21.6. The predicted molar refractivity (Wildman–Crippen MR) is 138 cm³/mol. The predicted octanol–water partition coefficient (Wildman–Crippen LogP) is 6.26. The summed E-state index contributed by atoms with van der Waals surface area (Å²) in [4.78, 5) is 7.76. The smallest absolute Gasteiger partial charge is 0.265 e. The first-order valence-corrected chi connectivity index (χ1v) is 11.3. The Bertz CT molecular complexity index is 1700. The highest BCUT2D eigenvalue weighted by atomic mass is 35.5. The molecule has 9 heteroatoms. The summed E-state index contributed by atoms with van der Waals surface area (Å²) in [6.07, 6.45) is 3.79. The minimum atomic E-state index is 0.312. The van der Waals surface area contributed by atoms with Gasteiger partial charge < -0.3 is 9.55 Å². The van der Waals surface area contributed by atoms with Crippen molar-refractivity contribution in [3.05, 3.63) is 94.1 Å². The minimum absolute atomic E-state index is 0.312. The third-order valence-electron chi connectivity index (χ3n) is 5.67. The molecule has 0 amide bonds. The maximum absolute atomic E-state index is 6.40. The molecule has 0 radical (unpaired) electrons.